The molecule has 0 aliphatic heterocycles. The predicted octanol–water partition coefficient (Wildman–Crippen LogP) is 2.42. The second kappa shape index (κ2) is 6.45. The number of aromatic nitrogens is 4. The van der Waals surface area contributed by atoms with Crippen molar-refractivity contribution in [2.45, 2.75) is 30.7 Å². The van der Waals surface area contributed by atoms with Gasteiger partial charge < -0.3 is 4.74 Å². The molecule has 0 aliphatic rings. The molecule has 2 aromatic carbocycles. The molecule has 28 heavy (non-hydrogen) atoms. The van der Waals surface area contributed by atoms with Gasteiger partial charge in [-0.05, 0) is 44.5 Å². The minimum atomic E-state index is -3.97. The standard InChI is InChI=1S/C19H18N4O4S/c1-4-27-13-6-7-14-15(10-13)23-17(20-18(14)24)19(21-22-23)28(25,26)16-8-5-11(2)9-12(16)3/h5-10,22H,4H2,1-3H3. The van der Waals surface area contributed by atoms with E-state index < -0.39 is 15.4 Å². The van der Waals surface area contributed by atoms with E-state index in [0.717, 1.165) is 5.56 Å². The van der Waals surface area contributed by atoms with Gasteiger partial charge >= 0.3 is 0 Å². The Bertz CT molecular complexity index is 1390. The predicted molar refractivity (Wildman–Crippen MR) is 104 cm³/mol. The highest BCUT2D eigenvalue weighted by Crippen LogP contribution is 2.27. The first-order chi connectivity index (χ1) is 13.3. The van der Waals surface area contributed by atoms with Crippen LogP contribution in [0.4, 0.5) is 0 Å². The molecular weight excluding hydrogens is 380 g/mol. The molecule has 2 aromatic heterocycles. The Kier molecular flexibility index (Phi) is 4.19. The van der Waals surface area contributed by atoms with Crippen molar-refractivity contribution < 1.29 is 13.2 Å². The molecule has 1 N–H and O–H groups in total. The number of hydrogen-bond donors (Lipinski definition) is 1. The summed E-state index contributed by atoms with van der Waals surface area (Å²) in [5, 5.41) is 6.69. The Balaban J connectivity index is 2.01. The minimum Gasteiger partial charge on any atom is -0.494 e. The molecule has 4 rings (SSSR count). The van der Waals surface area contributed by atoms with Gasteiger partial charge in [0, 0.05) is 6.07 Å². The number of nitrogens with one attached hydrogen (secondary N) is 1. The van der Waals surface area contributed by atoms with Crippen LogP contribution in [0.25, 0.3) is 16.6 Å². The fourth-order valence-corrected chi connectivity index (χ4v) is 4.71. The molecule has 0 saturated carbocycles. The Labute approximate surface area is 160 Å². The van der Waals surface area contributed by atoms with E-state index in [2.05, 4.69) is 15.3 Å². The summed E-state index contributed by atoms with van der Waals surface area (Å²) < 4.78 is 33.3. The van der Waals surface area contributed by atoms with Crippen molar-refractivity contribution in [1.82, 2.24) is 19.8 Å². The van der Waals surface area contributed by atoms with Gasteiger partial charge in [-0.3, -0.25) is 4.79 Å². The van der Waals surface area contributed by atoms with E-state index in [1.807, 2.05) is 13.8 Å². The monoisotopic (exact) mass is 398 g/mol. The van der Waals surface area contributed by atoms with Gasteiger partial charge in [0.1, 0.15) is 5.75 Å². The third-order valence-corrected chi connectivity index (χ3v) is 6.31. The molecule has 0 amide bonds. The second-order valence-corrected chi connectivity index (χ2v) is 8.31. The number of sulfone groups is 1. The Morgan fingerprint density at radius 1 is 1.14 bits per heavy atom. The van der Waals surface area contributed by atoms with Gasteiger partial charge in [0.25, 0.3) is 5.56 Å². The number of fused-ring (bicyclic) bond motifs is 3. The lowest BCUT2D eigenvalue weighted by Gasteiger charge is -2.07. The van der Waals surface area contributed by atoms with Crippen LogP contribution in [-0.2, 0) is 9.84 Å². The van der Waals surface area contributed by atoms with Gasteiger partial charge in [-0.2, -0.15) is 4.98 Å². The van der Waals surface area contributed by atoms with E-state index >= 15 is 0 Å². The molecule has 0 atom stereocenters. The number of aryl methyl sites for hydroxylation is 2. The van der Waals surface area contributed by atoms with E-state index in [9.17, 15) is 13.2 Å². The fraction of sp³-hybridized carbons (Fsp3) is 0.211. The van der Waals surface area contributed by atoms with E-state index in [-0.39, 0.29) is 15.6 Å². The lowest BCUT2D eigenvalue weighted by Crippen LogP contribution is -2.12. The number of hydrogen-bond acceptors (Lipinski definition) is 6. The molecule has 0 saturated heterocycles. The molecule has 9 heteroatoms. The zero-order chi connectivity index (χ0) is 20.1. The summed E-state index contributed by atoms with van der Waals surface area (Å²) in [5.74, 6) is 0.558. The van der Waals surface area contributed by atoms with Crippen LogP contribution in [0.3, 0.4) is 0 Å². The maximum atomic E-state index is 13.2. The summed E-state index contributed by atoms with van der Waals surface area (Å²) >= 11 is 0. The first-order valence-electron chi connectivity index (χ1n) is 8.69. The summed E-state index contributed by atoms with van der Waals surface area (Å²) in [5.41, 5.74) is 1.41. The highest BCUT2D eigenvalue weighted by molar-refractivity contribution is 7.91. The van der Waals surface area contributed by atoms with Crippen molar-refractivity contribution in [3.05, 3.63) is 57.9 Å². The number of rotatable bonds is 4. The van der Waals surface area contributed by atoms with Crippen LogP contribution in [0.15, 0.2) is 51.1 Å². The maximum Gasteiger partial charge on any atom is 0.281 e. The van der Waals surface area contributed by atoms with Crippen molar-refractivity contribution in [3.8, 4) is 5.75 Å². The highest BCUT2D eigenvalue weighted by Gasteiger charge is 2.27. The SMILES string of the molecule is CCOc1ccc2c(=O)nc3c(S(=O)(=O)c4ccc(C)cc4C)n[nH]n3c2c1. The van der Waals surface area contributed by atoms with Crippen molar-refractivity contribution in [1.29, 1.82) is 0 Å². The van der Waals surface area contributed by atoms with Crippen LogP contribution in [-0.4, -0.2) is 34.8 Å². The number of H-pyrrole nitrogens is 1. The quantitative estimate of drug-likeness (QED) is 0.566. The molecule has 0 aliphatic carbocycles. The van der Waals surface area contributed by atoms with Gasteiger partial charge in [0.15, 0.2) is 5.65 Å². The molecule has 0 unspecified atom stereocenters. The Morgan fingerprint density at radius 2 is 1.93 bits per heavy atom. The number of nitrogens with zero attached hydrogens (tertiary/aromatic N) is 3. The normalized spacial score (nSPS) is 12.0. The molecular formula is C19H18N4O4S. The van der Waals surface area contributed by atoms with Crippen molar-refractivity contribution in [2.24, 2.45) is 0 Å². The topological polar surface area (TPSA) is 106 Å². The van der Waals surface area contributed by atoms with Gasteiger partial charge in [-0.25, -0.2) is 18.1 Å². The molecule has 0 fully saturated rings. The zero-order valence-electron chi connectivity index (χ0n) is 15.6. The first kappa shape index (κ1) is 18.2. The van der Waals surface area contributed by atoms with E-state index in [4.69, 9.17) is 4.74 Å². The molecule has 0 spiro atoms. The van der Waals surface area contributed by atoms with E-state index in [0.29, 0.717) is 28.8 Å². The van der Waals surface area contributed by atoms with Crippen LogP contribution < -0.4 is 10.3 Å². The fourth-order valence-electron chi connectivity index (χ4n) is 3.23. The average Bonchev–Trinajstić information content (AvgIpc) is 3.06. The average molecular weight is 398 g/mol. The first-order valence-corrected chi connectivity index (χ1v) is 10.2. The van der Waals surface area contributed by atoms with Crippen LogP contribution in [0.1, 0.15) is 18.1 Å². The summed E-state index contributed by atoms with van der Waals surface area (Å²) in [6, 6.07) is 9.97. The number of aromatic amines is 1. The number of ether oxygens (including phenoxy) is 1. The van der Waals surface area contributed by atoms with Gasteiger partial charge in [0.05, 0.1) is 22.4 Å². The lowest BCUT2D eigenvalue weighted by molar-refractivity contribution is 0.340. The molecule has 2 heterocycles. The summed E-state index contributed by atoms with van der Waals surface area (Å²) in [6.07, 6.45) is 0. The van der Waals surface area contributed by atoms with Crippen LogP contribution >= 0.6 is 0 Å². The smallest absolute Gasteiger partial charge is 0.281 e. The molecule has 0 radical (unpaired) electrons. The second-order valence-electron chi connectivity index (χ2n) is 6.48. The van der Waals surface area contributed by atoms with E-state index in [1.54, 1.807) is 37.3 Å². The summed E-state index contributed by atoms with van der Waals surface area (Å²) in [6.45, 7) is 5.92. The third kappa shape index (κ3) is 2.75. The summed E-state index contributed by atoms with van der Waals surface area (Å²) in [7, 11) is -3.97. The van der Waals surface area contributed by atoms with Gasteiger partial charge in [-0.1, -0.05) is 17.7 Å². The van der Waals surface area contributed by atoms with Crippen molar-refractivity contribution in [2.75, 3.05) is 6.61 Å². The molecule has 144 valence electrons. The van der Waals surface area contributed by atoms with Gasteiger partial charge in [0.2, 0.25) is 14.9 Å². The summed E-state index contributed by atoms with van der Waals surface area (Å²) in [4.78, 5) is 16.6. The van der Waals surface area contributed by atoms with E-state index in [1.165, 1.54) is 10.6 Å². The molecule has 0 bridgehead atoms. The third-order valence-electron chi connectivity index (χ3n) is 4.49. The molecule has 4 aromatic rings. The maximum absolute atomic E-state index is 13.2. The number of benzene rings is 2. The largest absolute Gasteiger partial charge is 0.494 e. The van der Waals surface area contributed by atoms with Gasteiger partial charge in [-0.15, -0.1) is 5.10 Å². The highest BCUT2D eigenvalue weighted by atomic mass is 32.2. The molecule has 8 nitrogen and oxygen atoms in total. The van der Waals surface area contributed by atoms with Crippen LogP contribution in [0.2, 0.25) is 0 Å². The van der Waals surface area contributed by atoms with Crippen molar-refractivity contribution in [3.63, 3.8) is 0 Å². The lowest BCUT2D eigenvalue weighted by atomic mass is 10.2. The Morgan fingerprint density at radius 3 is 2.64 bits per heavy atom. The Hall–Kier alpha value is -3.20. The van der Waals surface area contributed by atoms with Crippen LogP contribution in [0, 0.1) is 13.8 Å². The van der Waals surface area contributed by atoms with Crippen molar-refractivity contribution >= 4 is 26.4 Å². The zero-order valence-corrected chi connectivity index (χ0v) is 16.4. The van der Waals surface area contributed by atoms with Crippen LogP contribution in [0.5, 0.6) is 5.75 Å². The minimum absolute atomic E-state index is 0.0499.